The lowest BCUT2D eigenvalue weighted by Gasteiger charge is -2.46. The summed E-state index contributed by atoms with van der Waals surface area (Å²) in [6.45, 7) is 5.81. The number of carbonyl (C=O) groups is 2. The molecule has 51 heavy (non-hydrogen) atoms. The number of hydrogen-bond acceptors (Lipinski definition) is 10. The molecule has 0 unspecified atom stereocenters. The number of halogens is 1. The van der Waals surface area contributed by atoms with Crippen molar-refractivity contribution in [1.82, 2.24) is 9.62 Å². The average molecular weight is 744 g/mol. The molecule has 0 radical (unpaired) electrons. The van der Waals surface area contributed by atoms with Gasteiger partial charge in [0.1, 0.15) is 29.7 Å². The van der Waals surface area contributed by atoms with Gasteiger partial charge in [-0.1, -0.05) is 23.7 Å². The summed E-state index contributed by atoms with van der Waals surface area (Å²) in [7, 11) is -2.50. The normalized spacial score (nSPS) is 29.6. The van der Waals surface area contributed by atoms with Crippen LogP contribution in [0.2, 0.25) is 5.02 Å². The van der Waals surface area contributed by atoms with Gasteiger partial charge in [0.2, 0.25) is 0 Å². The Kier molecular flexibility index (Phi) is 10.0. The van der Waals surface area contributed by atoms with Crippen molar-refractivity contribution in [3.63, 3.8) is 0 Å². The summed E-state index contributed by atoms with van der Waals surface area (Å²) >= 11 is 6.41. The zero-order valence-corrected chi connectivity index (χ0v) is 30.8. The number of nitrogens with one attached hydrogen (secondary N) is 1. The van der Waals surface area contributed by atoms with Crippen molar-refractivity contribution >= 4 is 39.3 Å². The molecule has 1 spiro atoms. The van der Waals surface area contributed by atoms with Gasteiger partial charge in [0.15, 0.2) is 0 Å². The monoisotopic (exact) mass is 743 g/mol. The molecule has 4 heterocycles. The Labute approximate surface area is 304 Å². The number of anilines is 1. The predicted octanol–water partition coefficient (Wildman–Crippen LogP) is 4.82. The number of fused-ring (bicyclic) bond motifs is 4. The molecule has 1 aliphatic carbocycles. The minimum atomic E-state index is -4.28. The Balaban J connectivity index is 1.26. The van der Waals surface area contributed by atoms with Crippen LogP contribution in [0.3, 0.4) is 0 Å². The maximum Gasteiger partial charge on any atom is 0.410 e. The molecule has 1 saturated heterocycles. The topological polar surface area (TPSA) is 133 Å². The highest BCUT2D eigenvalue weighted by Crippen LogP contribution is 2.46. The first-order valence-electron chi connectivity index (χ1n) is 17.7. The van der Waals surface area contributed by atoms with Crippen molar-refractivity contribution in [3.05, 3.63) is 64.7 Å². The Bertz CT molecular complexity index is 1800. The van der Waals surface area contributed by atoms with Crippen molar-refractivity contribution in [2.24, 2.45) is 11.8 Å². The summed E-state index contributed by atoms with van der Waals surface area (Å²) in [5.74, 6) is -0.242. The molecule has 1 saturated carbocycles. The predicted molar refractivity (Wildman–Crippen MR) is 190 cm³/mol. The fraction of sp³-hybridized carbons (Fsp3) is 0.568. The molecule has 12 nitrogen and oxygen atoms in total. The van der Waals surface area contributed by atoms with E-state index in [0.717, 1.165) is 36.8 Å². The van der Waals surface area contributed by atoms with Crippen LogP contribution in [-0.2, 0) is 45.8 Å². The van der Waals surface area contributed by atoms with Gasteiger partial charge in [-0.05, 0) is 99.4 Å². The van der Waals surface area contributed by atoms with Crippen molar-refractivity contribution in [2.45, 2.75) is 74.2 Å². The minimum absolute atomic E-state index is 0.00724. The first-order valence-corrected chi connectivity index (χ1v) is 19.6. The number of amides is 2. The Morgan fingerprint density at radius 2 is 1.86 bits per heavy atom. The lowest BCUT2D eigenvalue weighted by Crippen LogP contribution is -2.52. The summed E-state index contributed by atoms with van der Waals surface area (Å²) in [5, 5.41) is 0.646. The average Bonchev–Trinajstić information content (AvgIpc) is 3.24. The van der Waals surface area contributed by atoms with Crippen LogP contribution in [0.5, 0.6) is 5.75 Å². The zero-order chi connectivity index (χ0) is 36.0. The largest absolute Gasteiger partial charge is 0.488 e. The van der Waals surface area contributed by atoms with Crippen LogP contribution in [0.25, 0.3) is 0 Å². The van der Waals surface area contributed by atoms with Gasteiger partial charge in [0.05, 0.1) is 30.3 Å². The van der Waals surface area contributed by atoms with Crippen LogP contribution in [0.15, 0.2) is 53.4 Å². The summed E-state index contributed by atoms with van der Waals surface area (Å²) in [5.41, 5.74) is 0.301. The molecule has 0 aromatic heterocycles. The van der Waals surface area contributed by atoms with Crippen LogP contribution < -0.4 is 14.4 Å². The van der Waals surface area contributed by atoms with Crippen LogP contribution in [0, 0.1) is 11.8 Å². The van der Waals surface area contributed by atoms with Gasteiger partial charge in [-0.2, -0.15) is 0 Å². The van der Waals surface area contributed by atoms with E-state index in [1.54, 1.807) is 30.2 Å². The van der Waals surface area contributed by atoms with E-state index >= 15 is 0 Å². The van der Waals surface area contributed by atoms with Gasteiger partial charge >= 0.3 is 6.09 Å². The highest BCUT2D eigenvalue weighted by atomic mass is 35.5. The van der Waals surface area contributed by atoms with Crippen molar-refractivity contribution in [3.8, 4) is 5.75 Å². The van der Waals surface area contributed by atoms with Gasteiger partial charge in [-0.15, -0.1) is 0 Å². The molecule has 4 atom stereocenters. The molecule has 2 bridgehead atoms. The van der Waals surface area contributed by atoms with E-state index in [2.05, 4.69) is 9.62 Å². The van der Waals surface area contributed by atoms with Crippen molar-refractivity contribution in [1.29, 1.82) is 0 Å². The van der Waals surface area contributed by atoms with Gasteiger partial charge in [0.25, 0.3) is 15.9 Å². The standard InChI is InChI=1S/C37H46ClN3O9S/c1-36(2)34(42)39-51(44,45)28-8-11-33-31(20-28)41(22-37(23-47-33)30-10-7-26(38)19-24(30)12-18-49-37)21-25-6-9-29(25)32(5-4-15-48-36)50-35(43)40(3)27-13-16-46-17-14-27/h4-5,7-8,10-11,19-20,25,27,29,32H,6,9,12-18,21-23H2,1-3H3,(H,39,42)/b5-4-/t25-,29+,32-,37+/m0/s1. The van der Waals surface area contributed by atoms with Crippen LogP contribution >= 0.6 is 11.6 Å². The summed E-state index contributed by atoms with van der Waals surface area (Å²) in [6, 6.07) is 10.5. The molecule has 7 rings (SSSR count). The van der Waals surface area contributed by atoms with E-state index in [4.69, 9.17) is 35.3 Å². The highest BCUT2D eigenvalue weighted by Gasteiger charge is 2.46. The second kappa shape index (κ2) is 14.2. The third kappa shape index (κ3) is 7.33. The van der Waals surface area contributed by atoms with Gasteiger partial charge < -0.3 is 33.5 Å². The zero-order valence-electron chi connectivity index (χ0n) is 29.3. The molecule has 2 fully saturated rings. The summed E-state index contributed by atoms with van der Waals surface area (Å²) < 4.78 is 60.2. The fourth-order valence-electron chi connectivity index (χ4n) is 7.77. The molecular weight excluding hydrogens is 698 g/mol. The maximum absolute atomic E-state index is 13.6. The summed E-state index contributed by atoms with van der Waals surface area (Å²) in [4.78, 5) is 30.6. The molecule has 276 valence electrons. The van der Waals surface area contributed by atoms with Crippen molar-refractivity contribution in [2.75, 3.05) is 58.1 Å². The van der Waals surface area contributed by atoms with Crippen LogP contribution in [-0.4, -0.2) is 96.2 Å². The maximum atomic E-state index is 13.6. The quantitative estimate of drug-likeness (QED) is 0.427. The van der Waals surface area contributed by atoms with Gasteiger partial charge in [-0.3, -0.25) is 4.79 Å². The Morgan fingerprint density at radius 3 is 2.63 bits per heavy atom. The second-order valence-electron chi connectivity index (χ2n) is 14.7. The SMILES string of the molecule is CN(C(=O)O[C@H]1/C=C\COC(C)(C)C(=O)NS(=O)(=O)c2ccc3c(c2)N(C[C@@H]2CC[C@H]21)C[C@]1(CO3)OCCc2cc(Cl)ccc21)C1CCOCC1. The highest BCUT2D eigenvalue weighted by molar-refractivity contribution is 7.90. The molecule has 2 aromatic rings. The molecule has 1 N–H and O–H groups in total. The number of carbonyl (C=O) groups excluding carboxylic acids is 2. The lowest BCUT2D eigenvalue weighted by molar-refractivity contribution is -0.139. The number of hydrogen-bond donors (Lipinski definition) is 1. The number of ether oxygens (including phenoxy) is 5. The third-order valence-electron chi connectivity index (χ3n) is 11.1. The van der Waals surface area contributed by atoms with E-state index in [0.29, 0.717) is 55.8 Å². The van der Waals surface area contributed by atoms with E-state index in [1.165, 1.54) is 19.9 Å². The molecule has 2 aromatic carbocycles. The third-order valence-corrected chi connectivity index (χ3v) is 12.6. The van der Waals surface area contributed by atoms with E-state index in [1.807, 2.05) is 24.3 Å². The van der Waals surface area contributed by atoms with Crippen molar-refractivity contribution < 1.29 is 41.7 Å². The number of benzene rings is 2. The lowest BCUT2D eigenvalue weighted by atomic mass is 9.70. The Hall–Kier alpha value is -3.36. The molecular formula is C37H46ClN3O9S. The summed E-state index contributed by atoms with van der Waals surface area (Å²) in [6.07, 6.45) is 6.54. The van der Waals surface area contributed by atoms with Crippen LogP contribution in [0.1, 0.15) is 50.7 Å². The molecule has 4 aliphatic heterocycles. The first-order chi connectivity index (χ1) is 24.3. The molecule has 5 aliphatic rings. The van der Waals surface area contributed by atoms with Gasteiger partial charge in [0, 0.05) is 43.8 Å². The van der Waals surface area contributed by atoms with Gasteiger partial charge in [-0.25, -0.2) is 17.9 Å². The fourth-order valence-corrected chi connectivity index (χ4v) is 9.09. The van der Waals surface area contributed by atoms with E-state index in [9.17, 15) is 18.0 Å². The van der Waals surface area contributed by atoms with Crippen LogP contribution in [0.4, 0.5) is 10.5 Å². The molecule has 14 heteroatoms. The molecule has 2 amide bonds. The first kappa shape index (κ1) is 36.0. The van der Waals surface area contributed by atoms with E-state index in [-0.39, 0.29) is 36.0 Å². The Morgan fingerprint density at radius 1 is 1.06 bits per heavy atom. The van der Waals surface area contributed by atoms with E-state index < -0.39 is 39.3 Å². The second-order valence-corrected chi connectivity index (χ2v) is 16.8. The number of sulfonamides is 1. The smallest absolute Gasteiger partial charge is 0.410 e. The number of rotatable bonds is 2. The number of nitrogens with zero attached hydrogens (tertiary/aromatic N) is 2. The minimum Gasteiger partial charge on any atom is -0.488 e.